The van der Waals surface area contributed by atoms with Gasteiger partial charge in [0.25, 0.3) is 0 Å². The van der Waals surface area contributed by atoms with Crippen molar-refractivity contribution in [3.05, 3.63) is 64.9 Å². The van der Waals surface area contributed by atoms with Gasteiger partial charge in [0.1, 0.15) is 5.58 Å². The first-order valence-corrected chi connectivity index (χ1v) is 7.38. The number of ketones is 1. The normalized spacial score (nSPS) is 12.5. The number of hydrogen-bond acceptors (Lipinski definition) is 4. The molecule has 6 heteroatoms. The van der Waals surface area contributed by atoms with Gasteiger partial charge >= 0.3 is 0 Å². The Kier molecular flexibility index (Phi) is 4.51. The summed E-state index contributed by atoms with van der Waals surface area (Å²) >= 11 is 5.83. The first-order valence-electron chi connectivity index (χ1n) is 7.00. The van der Waals surface area contributed by atoms with Gasteiger partial charge in [0, 0.05) is 16.5 Å². The van der Waals surface area contributed by atoms with E-state index in [9.17, 15) is 4.79 Å². The topological polar surface area (TPSA) is 48.7 Å². The van der Waals surface area contributed by atoms with E-state index in [4.69, 9.17) is 25.5 Å². The van der Waals surface area contributed by atoms with Gasteiger partial charge in [0.2, 0.25) is 12.6 Å². The second-order valence-electron chi connectivity index (χ2n) is 5.10. The van der Waals surface area contributed by atoms with E-state index in [-0.39, 0.29) is 30.7 Å². The maximum absolute atomic E-state index is 12.2. The summed E-state index contributed by atoms with van der Waals surface area (Å²) in [5.74, 6) is 1.35. The molecule has 0 saturated heterocycles. The number of fused-ring (bicyclic) bond motifs is 2. The zero-order chi connectivity index (χ0) is 15.8. The fraction of sp³-hybridized carbons (Fsp3) is 0.0556. The van der Waals surface area contributed by atoms with E-state index in [0.717, 1.165) is 10.9 Å². The lowest BCUT2D eigenvalue weighted by Crippen LogP contribution is -1.93. The SMILES string of the molecule is Cl.O=C(/C=C/c1ccc(Cl)cc1)c1cc2cc3c(cc2o1)OCO3. The maximum atomic E-state index is 12.2. The van der Waals surface area contributed by atoms with Gasteiger partial charge < -0.3 is 13.9 Å². The monoisotopic (exact) mass is 362 g/mol. The number of allylic oxidation sites excluding steroid dienone is 1. The van der Waals surface area contributed by atoms with Gasteiger partial charge in [-0.25, -0.2) is 0 Å². The van der Waals surface area contributed by atoms with E-state index in [0.29, 0.717) is 22.1 Å². The highest BCUT2D eigenvalue weighted by Crippen LogP contribution is 2.37. The van der Waals surface area contributed by atoms with Crippen LogP contribution in [-0.4, -0.2) is 12.6 Å². The van der Waals surface area contributed by atoms with Gasteiger partial charge in [-0.05, 0) is 35.9 Å². The smallest absolute Gasteiger partial charge is 0.231 e. The standard InChI is InChI=1S/C18H11ClO4.ClH/c19-13-4-1-11(2-5-13)3-6-14(20)16-7-12-8-17-18(22-10-21-17)9-15(12)23-16;/h1-9H,10H2;1H/b6-3+;. The molecule has 0 unspecified atom stereocenters. The summed E-state index contributed by atoms with van der Waals surface area (Å²) in [6, 6.07) is 12.5. The maximum Gasteiger partial charge on any atom is 0.231 e. The highest BCUT2D eigenvalue weighted by Gasteiger charge is 2.17. The van der Waals surface area contributed by atoms with Crippen LogP contribution in [0.1, 0.15) is 16.1 Å². The van der Waals surface area contributed by atoms with Crippen molar-refractivity contribution in [2.75, 3.05) is 6.79 Å². The molecular weight excluding hydrogens is 351 g/mol. The van der Waals surface area contributed by atoms with Crippen LogP contribution in [0.15, 0.2) is 53.0 Å². The molecule has 0 atom stereocenters. The number of rotatable bonds is 3. The molecule has 24 heavy (non-hydrogen) atoms. The fourth-order valence-corrected chi connectivity index (χ4v) is 2.50. The number of carbonyl (C=O) groups is 1. The van der Waals surface area contributed by atoms with Crippen molar-refractivity contribution in [3.8, 4) is 11.5 Å². The molecule has 1 aliphatic heterocycles. The van der Waals surface area contributed by atoms with Crippen molar-refractivity contribution in [1.82, 2.24) is 0 Å². The van der Waals surface area contributed by atoms with Crippen LogP contribution in [0.4, 0.5) is 0 Å². The van der Waals surface area contributed by atoms with Crippen molar-refractivity contribution in [2.45, 2.75) is 0 Å². The van der Waals surface area contributed by atoms with Gasteiger partial charge in [0.15, 0.2) is 17.3 Å². The van der Waals surface area contributed by atoms with E-state index >= 15 is 0 Å². The third-order valence-corrected chi connectivity index (χ3v) is 3.80. The molecule has 2 heterocycles. The molecule has 0 aliphatic carbocycles. The molecular formula is C18H12Cl2O4. The van der Waals surface area contributed by atoms with E-state index in [2.05, 4.69) is 0 Å². The summed E-state index contributed by atoms with van der Waals surface area (Å²) in [7, 11) is 0. The minimum Gasteiger partial charge on any atom is -0.454 e. The number of ether oxygens (including phenoxy) is 2. The molecule has 0 N–H and O–H groups in total. The quantitative estimate of drug-likeness (QED) is 0.478. The lowest BCUT2D eigenvalue weighted by Gasteiger charge is -1.94. The molecule has 0 saturated carbocycles. The number of furan rings is 1. The van der Waals surface area contributed by atoms with Crippen LogP contribution in [-0.2, 0) is 0 Å². The summed E-state index contributed by atoms with van der Waals surface area (Å²) in [5.41, 5.74) is 1.48. The molecule has 0 amide bonds. The van der Waals surface area contributed by atoms with Crippen LogP contribution in [0.2, 0.25) is 5.02 Å². The molecule has 0 radical (unpaired) electrons. The summed E-state index contributed by atoms with van der Waals surface area (Å²) in [6.07, 6.45) is 3.19. The van der Waals surface area contributed by atoms with Gasteiger partial charge in [-0.15, -0.1) is 12.4 Å². The average Bonchev–Trinajstić information content (AvgIpc) is 3.17. The van der Waals surface area contributed by atoms with E-state index < -0.39 is 0 Å². The summed E-state index contributed by atoms with van der Waals surface area (Å²) < 4.78 is 16.2. The van der Waals surface area contributed by atoms with Crippen LogP contribution in [0, 0.1) is 0 Å². The second-order valence-corrected chi connectivity index (χ2v) is 5.54. The fourth-order valence-electron chi connectivity index (χ4n) is 2.38. The van der Waals surface area contributed by atoms with Gasteiger partial charge in [-0.3, -0.25) is 4.79 Å². The van der Waals surface area contributed by atoms with E-state index in [1.54, 1.807) is 36.4 Å². The lowest BCUT2D eigenvalue weighted by molar-refractivity contribution is 0.102. The Balaban J connectivity index is 0.00000169. The molecule has 122 valence electrons. The minimum absolute atomic E-state index is 0. The number of carbonyl (C=O) groups excluding carboxylic acids is 1. The zero-order valence-electron chi connectivity index (χ0n) is 12.3. The summed E-state index contributed by atoms with van der Waals surface area (Å²) in [5, 5.41) is 1.46. The second kappa shape index (κ2) is 6.59. The van der Waals surface area contributed by atoms with E-state index in [1.165, 1.54) is 6.08 Å². The summed E-state index contributed by atoms with van der Waals surface area (Å²) in [6.45, 7) is 0.206. The van der Waals surface area contributed by atoms with Crippen LogP contribution in [0.3, 0.4) is 0 Å². The van der Waals surface area contributed by atoms with Crippen LogP contribution >= 0.6 is 24.0 Å². The Morgan fingerprint density at radius 2 is 1.75 bits per heavy atom. The average molecular weight is 363 g/mol. The lowest BCUT2D eigenvalue weighted by atomic mass is 10.1. The molecule has 2 aromatic carbocycles. The number of benzene rings is 2. The molecule has 4 rings (SSSR count). The highest BCUT2D eigenvalue weighted by atomic mass is 35.5. The molecule has 0 bridgehead atoms. The predicted molar refractivity (Wildman–Crippen MR) is 94.4 cm³/mol. The van der Waals surface area contributed by atoms with Crippen LogP contribution < -0.4 is 9.47 Å². The number of hydrogen-bond donors (Lipinski definition) is 0. The first kappa shape index (κ1) is 16.4. The Bertz CT molecular complexity index is 885. The Labute approximate surface area is 149 Å². The summed E-state index contributed by atoms with van der Waals surface area (Å²) in [4.78, 5) is 12.2. The van der Waals surface area contributed by atoms with E-state index in [1.807, 2.05) is 12.1 Å². The van der Waals surface area contributed by atoms with Crippen molar-refractivity contribution in [1.29, 1.82) is 0 Å². The third-order valence-electron chi connectivity index (χ3n) is 3.55. The van der Waals surface area contributed by atoms with Gasteiger partial charge in [0.05, 0.1) is 0 Å². The van der Waals surface area contributed by atoms with Crippen LogP contribution in [0.5, 0.6) is 11.5 Å². The molecule has 1 aromatic heterocycles. The van der Waals surface area contributed by atoms with Crippen LogP contribution in [0.25, 0.3) is 17.0 Å². The Morgan fingerprint density at radius 1 is 1.04 bits per heavy atom. The van der Waals surface area contributed by atoms with Crippen molar-refractivity contribution >= 4 is 46.8 Å². The zero-order valence-corrected chi connectivity index (χ0v) is 13.9. The number of halogens is 2. The van der Waals surface area contributed by atoms with Crippen molar-refractivity contribution in [2.24, 2.45) is 0 Å². The highest BCUT2D eigenvalue weighted by molar-refractivity contribution is 6.30. The largest absolute Gasteiger partial charge is 0.454 e. The van der Waals surface area contributed by atoms with Gasteiger partial charge in [-0.1, -0.05) is 29.8 Å². The molecule has 3 aromatic rings. The Morgan fingerprint density at radius 3 is 2.50 bits per heavy atom. The first-order chi connectivity index (χ1) is 11.2. The van der Waals surface area contributed by atoms with Crippen molar-refractivity contribution in [3.63, 3.8) is 0 Å². The molecule has 1 aliphatic rings. The Hall–Kier alpha value is -2.43. The predicted octanol–water partition coefficient (Wildman–Crippen LogP) is 5.13. The van der Waals surface area contributed by atoms with Gasteiger partial charge in [-0.2, -0.15) is 0 Å². The molecule has 0 fully saturated rings. The molecule has 0 spiro atoms. The third kappa shape index (κ3) is 3.11. The minimum atomic E-state index is -0.210. The van der Waals surface area contributed by atoms with Crippen molar-refractivity contribution < 1.29 is 18.7 Å². The molecule has 4 nitrogen and oxygen atoms in total.